The van der Waals surface area contributed by atoms with Crippen LogP contribution >= 0.6 is 0 Å². The highest BCUT2D eigenvalue weighted by Gasteiger charge is 2.13. The zero-order chi connectivity index (χ0) is 35.2. The Balaban J connectivity index is 2.36. The van der Waals surface area contributed by atoms with Crippen LogP contribution in [-0.4, -0.2) is 23.3 Å². The topological polar surface area (TPSA) is 66.8 Å². The molecule has 0 radical (unpaired) electrons. The molecule has 0 spiro atoms. The van der Waals surface area contributed by atoms with E-state index in [1.807, 2.05) is 0 Å². The van der Waals surface area contributed by atoms with Crippen LogP contribution < -0.4 is 4.74 Å². The van der Waals surface area contributed by atoms with Crippen molar-refractivity contribution in [3.63, 3.8) is 0 Å². The van der Waals surface area contributed by atoms with Gasteiger partial charge in [0.05, 0.1) is 12.7 Å². The first-order chi connectivity index (χ1) is 22.3. The van der Waals surface area contributed by atoms with Gasteiger partial charge in [0.15, 0.2) is 11.5 Å². The van der Waals surface area contributed by atoms with Crippen LogP contribution in [-0.2, 0) is 6.42 Å². The summed E-state index contributed by atoms with van der Waals surface area (Å²) in [7, 11) is 1.42. The van der Waals surface area contributed by atoms with Crippen molar-refractivity contribution >= 4 is 5.97 Å². The van der Waals surface area contributed by atoms with Crippen LogP contribution in [0.5, 0.6) is 11.5 Å². The number of hydrogen-bond donors (Lipinski definition) is 2. The van der Waals surface area contributed by atoms with Gasteiger partial charge in [-0.1, -0.05) is 81.5 Å². The number of aromatic carboxylic acids is 1. The smallest absolute Gasteiger partial charge is 0.335 e. The number of benzene rings is 1. The lowest BCUT2D eigenvalue weighted by Crippen LogP contribution is -2.00. The molecule has 0 bridgehead atoms. The van der Waals surface area contributed by atoms with Gasteiger partial charge >= 0.3 is 5.97 Å². The van der Waals surface area contributed by atoms with Crippen molar-refractivity contribution in [2.45, 2.75) is 139 Å². The van der Waals surface area contributed by atoms with Crippen LogP contribution in [0.2, 0.25) is 0 Å². The van der Waals surface area contributed by atoms with E-state index in [9.17, 15) is 15.0 Å². The number of allylic oxidation sites excluding steroid dienone is 14. The Morgan fingerprint density at radius 2 is 0.915 bits per heavy atom. The number of ether oxygens (including phenoxy) is 1. The van der Waals surface area contributed by atoms with Gasteiger partial charge in [0.25, 0.3) is 0 Å². The Morgan fingerprint density at radius 1 is 0.574 bits per heavy atom. The average molecular weight is 645 g/mol. The Morgan fingerprint density at radius 3 is 1.23 bits per heavy atom. The second-order valence-electron chi connectivity index (χ2n) is 13.5. The molecule has 0 aliphatic carbocycles. The number of phenols is 1. The Labute approximate surface area is 287 Å². The molecule has 0 heterocycles. The van der Waals surface area contributed by atoms with Crippen LogP contribution in [0.1, 0.15) is 148 Å². The summed E-state index contributed by atoms with van der Waals surface area (Å²) in [6.45, 7) is 17.7. The fourth-order valence-corrected chi connectivity index (χ4v) is 5.32. The van der Waals surface area contributed by atoms with Crippen LogP contribution in [0, 0.1) is 0 Å². The van der Waals surface area contributed by atoms with E-state index in [-0.39, 0.29) is 17.1 Å². The van der Waals surface area contributed by atoms with E-state index >= 15 is 0 Å². The number of phenolic OH excluding ortho intramolecular Hbond substituents is 1. The molecule has 47 heavy (non-hydrogen) atoms. The number of carboxylic acid groups (broad SMARTS) is 1. The third-order valence-corrected chi connectivity index (χ3v) is 8.54. The predicted molar refractivity (Wildman–Crippen MR) is 203 cm³/mol. The van der Waals surface area contributed by atoms with Gasteiger partial charge in [-0.25, -0.2) is 4.79 Å². The molecule has 1 aromatic carbocycles. The number of hydrogen-bond acceptors (Lipinski definition) is 3. The lowest BCUT2D eigenvalue weighted by molar-refractivity contribution is 0.0696. The second kappa shape index (κ2) is 23.7. The maximum Gasteiger partial charge on any atom is 0.335 e. The van der Waals surface area contributed by atoms with Crippen molar-refractivity contribution in [1.29, 1.82) is 0 Å². The zero-order valence-corrected chi connectivity index (χ0v) is 31.1. The largest absolute Gasteiger partial charge is 0.504 e. The molecule has 2 N–H and O–H groups in total. The summed E-state index contributed by atoms with van der Waals surface area (Å²) in [4.78, 5) is 11.4. The van der Waals surface area contributed by atoms with Gasteiger partial charge < -0.3 is 14.9 Å². The van der Waals surface area contributed by atoms with Crippen molar-refractivity contribution < 1.29 is 19.7 Å². The lowest BCUT2D eigenvalue weighted by Gasteiger charge is -2.10. The summed E-state index contributed by atoms with van der Waals surface area (Å²) < 4.78 is 5.14. The van der Waals surface area contributed by atoms with Gasteiger partial charge in [0.1, 0.15) is 0 Å². The SMILES string of the molecule is COc1cc(C(=O)O)cc(C/C=C(\C)CC/C=C(\C)CC/C=C(\C)CC/C=C(\C)CC/C=C(\C)CC/C=C(\C)CCC=C(C)C)c1O. The second-order valence-corrected chi connectivity index (χ2v) is 13.5. The van der Waals surface area contributed by atoms with E-state index in [0.717, 1.165) is 70.6 Å². The standard InChI is InChI=1S/C43H64O4/c1-32(2)16-10-17-33(3)18-11-19-34(4)20-12-21-35(5)22-13-23-36(6)24-14-25-37(7)26-15-27-38(8)28-29-39-30-40(43(45)46)31-41(47-9)42(39)44/h16,18,20,22,24,26,28,30-31,44H,10-15,17,19,21,23,25,27,29H2,1-9H3,(H,45,46)/b33-18+,34-20+,35-22+,36-24+,37-26+,38-28+. The third kappa shape index (κ3) is 19.7. The minimum atomic E-state index is -1.04. The Bertz CT molecular complexity index is 1340. The third-order valence-electron chi connectivity index (χ3n) is 8.54. The summed E-state index contributed by atoms with van der Waals surface area (Å²) in [5, 5.41) is 19.7. The van der Waals surface area contributed by atoms with Crippen molar-refractivity contribution in [3.8, 4) is 11.5 Å². The fraction of sp³-hybridized carbons (Fsp3) is 0.512. The molecule has 0 saturated carbocycles. The predicted octanol–water partition coefficient (Wildman–Crippen LogP) is 13.0. The number of rotatable bonds is 22. The first-order valence-electron chi connectivity index (χ1n) is 17.5. The monoisotopic (exact) mass is 644 g/mol. The molecule has 0 unspecified atom stereocenters. The molecule has 0 aliphatic heterocycles. The molecule has 1 aromatic rings. The van der Waals surface area contributed by atoms with E-state index in [4.69, 9.17) is 4.74 Å². The van der Waals surface area contributed by atoms with Gasteiger partial charge in [-0.3, -0.25) is 0 Å². The molecule has 260 valence electrons. The maximum absolute atomic E-state index is 11.4. The van der Waals surface area contributed by atoms with Crippen molar-refractivity contribution in [3.05, 3.63) is 105 Å². The van der Waals surface area contributed by atoms with E-state index in [1.165, 1.54) is 64.7 Å². The highest BCUT2D eigenvalue weighted by atomic mass is 16.5. The van der Waals surface area contributed by atoms with Crippen LogP contribution in [0.4, 0.5) is 0 Å². The lowest BCUT2D eigenvalue weighted by atomic mass is 10.0. The van der Waals surface area contributed by atoms with Crippen LogP contribution in [0.3, 0.4) is 0 Å². The first kappa shape index (κ1) is 41.5. The van der Waals surface area contributed by atoms with Crippen molar-refractivity contribution in [2.24, 2.45) is 0 Å². The van der Waals surface area contributed by atoms with E-state index in [2.05, 4.69) is 97.9 Å². The Kier molecular flexibility index (Phi) is 21.0. The molecule has 0 aromatic heterocycles. The fourth-order valence-electron chi connectivity index (χ4n) is 5.32. The zero-order valence-electron chi connectivity index (χ0n) is 31.1. The highest BCUT2D eigenvalue weighted by Crippen LogP contribution is 2.32. The summed E-state index contributed by atoms with van der Waals surface area (Å²) >= 11 is 0. The number of carbonyl (C=O) groups is 1. The first-order valence-corrected chi connectivity index (χ1v) is 17.5. The number of aromatic hydroxyl groups is 1. The average Bonchev–Trinajstić information content (AvgIpc) is 3.00. The summed E-state index contributed by atoms with van der Waals surface area (Å²) in [6, 6.07) is 2.86. The molecule has 0 fully saturated rings. The maximum atomic E-state index is 11.4. The molecule has 0 aliphatic rings. The van der Waals surface area contributed by atoms with Crippen molar-refractivity contribution in [1.82, 2.24) is 0 Å². The molecule has 1 rings (SSSR count). The normalized spacial score (nSPS) is 13.6. The molecular formula is C43H64O4. The quantitative estimate of drug-likeness (QED) is 0.123. The van der Waals surface area contributed by atoms with Crippen molar-refractivity contribution in [2.75, 3.05) is 7.11 Å². The molecule has 0 atom stereocenters. The van der Waals surface area contributed by atoms with Gasteiger partial charge in [-0.2, -0.15) is 0 Å². The Hall–Kier alpha value is -3.53. The van der Waals surface area contributed by atoms with Crippen LogP contribution in [0.15, 0.2) is 93.7 Å². The molecule has 0 amide bonds. The molecular weight excluding hydrogens is 580 g/mol. The molecule has 4 heteroatoms. The van der Waals surface area contributed by atoms with Gasteiger partial charge in [-0.05, 0) is 151 Å². The van der Waals surface area contributed by atoms with E-state index in [0.29, 0.717) is 12.0 Å². The molecule has 0 saturated heterocycles. The van der Waals surface area contributed by atoms with Gasteiger partial charge in [-0.15, -0.1) is 0 Å². The highest BCUT2D eigenvalue weighted by molar-refractivity contribution is 5.89. The summed E-state index contributed by atoms with van der Waals surface area (Å²) in [6.07, 6.45) is 30.0. The van der Waals surface area contributed by atoms with E-state index < -0.39 is 5.97 Å². The van der Waals surface area contributed by atoms with E-state index in [1.54, 1.807) is 0 Å². The minimum Gasteiger partial charge on any atom is -0.504 e. The van der Waals surface area contributed by atoms with Crippen LogP contribution in [0.25, 0.3) is 0 Å². The minimum absolute atomic E-state index is 0.000759. The number of methoxy groups -OCH3 is 1. The number of carboxylic acids is 1. The van der Waals surface area contributed by atoms with Gasteiger partial charge in [0, 0.05) is 5.56 Å². The van der Waals surface area contributed by atoms with Gasteiger partial charge in [0.2, 0.25) is 0 Å². The summed E-state index contributed by atoms with van der Waals surface area (Å²) in [5.41, 5.74) is 10.7. The summed E-state index contributed by atoms with van der Waals surface area (Å²) in [5.74, 6) is -0.853. The molecule has 4 nitrogen and oxygen atoms in total.